The van der Waals surface area contributed by atoms with E-state index in [1.54, 1.807) is 19.1 Å². The van der Waals surface area contributed by atoms with Crippen molar-refractivity contribution >= 4 is 5.91 Å². The molecular weight excluding hydrogens is 259 g/mol. The average molecular weight is 280 g/mol. The van der Waals surface area contributed by atoms with Gasteiger partial charge >= 0.3 is 0 Å². The fraction of sp³-hybridized carbons (Fsp3) is 0.533. The molecule has 110 valence electrons. The first-order valence-electron chi connectivity index (χ1n) is 6.93. The summed E-state index contributed by atoms with van der Waals surface area (Å²) in [4.78, 5) is 12.0. The fourth-order valence-electron chi connectivity index (χ4n) is 2.30. The van der Waals surface area contributed by atoms with Gasteiger partial charge in [-0.1, -0.05) is 12.1 Å². The van der Waals surface area contributed by atoms with E-state index in [1.165, 1.54) is 6.07 Å². The van der Waals surface area contributed by atoms with Crippen LogP contribution in [0, 0.1) is 12.7 Å². The van der Waals surface area contributed by atoms with Crippen LogP contribution in [-0.2, 0) is 9.53 Å². The van der Waals surface area contributed by atoms with E-state index in [9.17, 15) is 9.18 Å². The first-order valence-corrected chi connectivity index (χ1v) is 6.93. The van der Waals surface area contributed by atoms with Gasteiger partial charge in [0.05, 0.1) is 19.3 Å². The van der Waals surface area contributed by atoms with Crippen molar-refractivity contribution in [3.63, 3.8) is 0 Å². The molecule has 2 rings (SSSR count). The van der Waals surface area contributed by atoms with Gasteiger partial charge in [0, 0.05) is 19.0 Å². The molecule has 5 heteroatoms. The molecule has 0 spiro atoms. The Morgan fingerprint density at radius 3 is 3.05 bits per heavy atom. The molecule has 1 fully saturated rings. The van der Waals surface area contributed by atoms with Gasteiger partial charge in [-0.05, 0) is 31.0 Å². The second kappa shape index (κ2) is 6.81. The average Bonchev–Trinajstić information content (AvgIpc) is 2.42. The Kier molecular flexibility index (Phi) is 5.09. The number of ether oxygens (including phenoxy) is 1. The molecule has 1 amide bonds. The lowest BCUT2D eigenvalue weighted by Crippen LogP contribution is -2.44. The van der Waals surface area contributed by atoms with E-state index in [-0.39, 0.29) is 23.8 Å². The van der Waals surface area contributed by atoms with Crippen LogP contribution in [-0.4, -0.2) is 31.7 Å². The number of morpholine rings is 1. The molecule has 20 heavy (non-hydrogen) atoms. The van der Waals surface area contributed by atoms with E-state index in [0.717, 1.165) is 12.1 Å². The molecular formula is C15H21FN2O2. The van der Waals surface area contributed by atoms with Crippen molar-refractivity contribution in [3.8, 4) is 0 Å². The quantitative estimate of drug-likeness (QED) is 0.882. The van der Waals surface area contributed by atoms with Crippen molar-refractivity contribution in [1.82, 2.24) is 10.6 Å². The summed E-state index contributed by atoms with van der Waals surface area (Å²) >= 11 is 0. The van der Waals surface area contributed by atoms with Gasteiger partial charge in [0.2, 0.25) is 5.91 Å². The number of hydrogen-bond acceptors (Lipinski definition) is 3. The van der Waals surface area contributed by atoms with Gasteiger partial charge in [-0.2, -0.15) is 0 Å². The number of aryl methyl sites for hydroxylation is 1. The summed E-state index contributed by atoms with van der Waals surface area (Å²) in [6.07, 6.45) is 0.393. The van der Waals surface area contributed by atoms with Gasteiger partial charge in [-0.25, -0.2) is 4.39 Å². The minimum atomic E-state index is -0.226. The Bertz CT molecular complexity index is 473. The molecule has 2 N–H and O–H groups in total. The molecule has 0 aromatic heterocycles. The molecule has 1 aliphatic rings. The van der Waals surface area contributed by atoms with Crippen molar-refractivity contribution in [1.29, 1.82) is 0 Å². The molecule has 0 bridgehead atoms. The summed E-state index contributed by atoms with van der Waals surface area (Å²) < 4.78 is 18.5. The van der Waals surface area contributed by atoms with Crippen LogP contribution >= 0.6 is 0 Å². The van der Waals surface area contributed by atoms with Crippen molar-refractivity contribution < 1.29 is 13.9 Å². The first kappa shape index (κ1) is 14.9. The van der Waals surface area contributed by atoms with Gasteiger partial charge in [-0.15, -0.1) is 0 Å². The molecule has 4 nitrogen and oxygen atoms in total. The maximum absolute atomic E-state index is 13.2. The minimum Gasteiger partial charge on any atom is -0.378 e. The fourth-order valence-corrected chi connectivity index (χ4v) is 2.30. The highest BCUT2D eigenvalue weighted by molar-refractivity contribution is 5.77. The number of halogens is 1. The zero-order chi connectivity index (χ0) is 14.5. The number of carbonyl (C=O) groups excluding carboxylic acids is 1. The van der Waals surface area contributed by atoms with Crippen molar-refractivity contribution in [2.24, 2.45) is 0 Å². The normalized spacial score (nSPS) is 20.4. The third-order valence-electron chi connectivity index (χ3n) is 3.49. The summed E-state index contributed by atoms with van der Waals surface area (Å²) in [7, 11) is 0. The van der Waals surface area contributed by atoms with E-state index >= 15 is 0 Å². The van der Waals surface area contributed by atoms with Crippen molar-refractivity contribution in [2.75, 3.05) is 19.8 Å². The largest absolute Gasteiger partial charge is 0.378 e. The van der Waals surface area contributed by atoms with Crippen LogP contribution in [0.25, 0.3) is 0 Å². The van der Waals surface area contributed by atoms with Gasteiger partial charge in [-0.3, -0.25) is 4.79 Å². The third-order valence-corrected chi connectivity index (χ3v) is 3.49. The Balaban J connectivity index is 1.87. The van der Waals surface area contributed by atoms with E-state index in [2.05, 4.69) is 10.6 Å². The highest BCUT2D eigenvalue weighted by atomic mass is 19.1. The predicted molar refractivity (Wildman–Crippen MR) is 74.9 cm³/mol. The van der Waals surface area contributed by atoms with Gasteiger partial charge in [0.1, 0.15) is 5.82 Å². The van der Waals surface area contributed by atoms with Crippen LogP contribution in [0.5, 0.6) is 0 Å². The second-order valence-electron chi connectivity index (χ2n) is 5.23. The maximum atomic E-state index is 13.2. The molecule has 0 radical (unpaired) electrons. The number of rotatable bonds is 4. The van der Waals surface area contributed by atoms with E-state index in [1.807, 2.05) is 6.92 Å². The topological polar surface area (TPSA) is 50.4 Å². The summed E-state index contributed by atoms with van der Waals surface area (Å²) in [5, 5.41) is 6.18. The van der Waals surface area contributed by atoms with E-state index in [0.29, 0.717) is 25.2 Å². The van der Waals surface area contributed by atoms with E-state index < -0.39 is 0 Å². The smallest absolute Gasteiger partial charge is 0.222 e. The molecule has 1 aromatic rings. The lowest BCUT2D eigenvalue weighted by atomic mass is 10.0. The maximum Gasteiger partial charge on any atom is 0.222 e. The second-order valence-corrected chi connectivity index (χ2v) is 5.23. The predicted octanol–water partition coefficient (Wildman–Crippen LogP) is 1.69. The van der Waals surface area contributed by atoms with Crippen LogP contribution < -0.4 is 10.6 Å². The van der Waals surface area contributed by atoms with Crippen molar-refractivity contribution in [3.05, 3.63) is 35.1 Å². The summed E-state index contributed by atoms with van der Waals surface area (Å²) in [6, 6.07) is 4.85. The standard InChI is InChI=1S/C15H21FN2O2/c1-10-7-12(3-4-14(10)16)11(2)18-15(19)8-13-9-20-6-5-17-13/h3-4,7,11,13,17H,5-6,8-9H2,1-2H3,(H,18,19). The highest BCUT2D eigenvalue weighted by Crippen LogP contribution is 2.16. The Labute approximate surface area is 118 Å². The summed E-state index contributed by atoms with van der Waals surface area (Å²) in [5.74, 6) is -0.252. The lowest BCUT2D eigenvalue weighted by molar-refractivity contribution is -0.122. The lowest BCUT2D eigenvalue weighted by Gasteiger charge is -2.24. The van der Waals surface area contributed by atoms with E-state index in [4.69, 9.17) is 4.74 Å². The number of carbonyl (C=O) groups is 1. The third kappa shape index (κ3) is 4.02. The monoisotopic (exact) mass is 280 g/mol. The van der Waals surface area contributed by atoms with Crippen LogP contribution in [0.15, 0.2) is 18.2 Å². The molecule has 0 aliphatic carbocycles. The van der Waals surface area contributed by atoms with Crippen LogP contribution in [0.3, 0.4) is 0 Å². The molecule has 1 aromatic carbocycles. The highest BCUT2D eigenvalue weighted by Gasteiger charge is 2.18. The Hall–Kier alpha value is -1.46. The SMILES string of the molecule is Cc1cc(C(C)NC(=O)CC2COCCN2)ccc1F. The number of benzene rings is 1. The Morgan fingerprint density at radius 1 is 1.60 bits per heavy atom. The molecule has 2 unspecified atom stereocenters. The number of amides is 1. The van der Waals surface area contributed by atoms with Gasteiger partial charge < -0.3 is 15.4 Å². The number of nitrogens with one attached hydrogen (secondary N) is 2. The molecule has 1 aliphatic heterocycles. The van der Waals surface area contributed by atoms with Crippen molar-refractivity contribution in [2.45, 2.75) is 32.4 Å². The summed E-state index contributed by atoms with van der Waals surface area (Å²) in [5.41, 5.74) is 1.50. The first-order chi connectivity index (χ1) is 9.56. The molecule has 2 atom stereocenters. The van der Waals surface area contributed by atoms with Crippen LogP contribution in [0.4, 0.5) is 4.39 Å². The molecule has 1 heterocycles. The van der Waals surface area contributed by atoms with Crippen LogP contribution in [0.1, 0.15) is 30.5 Å². The zero-order valence-corrected chi connectivity index (χ0v) is 11.9. The minimum absolute atomic E-state index is 0.0255. The van der Waals surface area contributed by atoms with Gasteiger partial charge in [0.15, 0.2) is 0 Å². The van der Waals surface area contributed by atoms with Gasteiger partial charge in [0.25, 0.3) is 0 Å². The Morgan fingerprint density at radius 2 is 2.40 bits per heavy atom. The molecule has 1 saturated heterocycles. The van der Waals surface area contributed by atoms with Crippen LogP contribution in [0.2, 0.25) is 0 Å². The molecule has 0 saturated carbocycles. The summed E-state index contributed by atoms with van der Waals surface area (Å²) in [6.45, 7) is 5.66. The zero-order valence-electron chi connectivity index (χ0n) is 11.9. The number of hydrogen-bond donors (Lipinski definition) is 2.